The monoisotopic (exact) mass is 281 g/mol. The van der Waals surface area contributed by atoms with Crippen LogP contribution in [0.15, 0.2) is 24.3 Å². The SMILES string of the molecule is CC(C)(C)OC(=O)NCc1ccccc1NC(N)=S. The number of alkyl carbamates (subject to hydrolysis) is 1. The van der Waals surface area contributed by atoms with Crippen molar-refractivity contribution in [2.24, 2.45) is 5.73 Å². The highest BCUT2D eigenvalue weighted by Crippen LogP contribution is 2.15. The smallest absolute Gasteiger partial charge is 0.407 e. The Balaban J connectivity index is 2.62. The summed E-state index contributed by atoms with van der Waals surface area (Å²) < 4.78 is 5.16. The zero-order valence-electron chi connectivity index (χ0n) is 11.3. The average molecular weight is 281 g/mol. The number of carbonyl (C=O) groups excluding carboxylic acids is 1. The summed E-state index contributed by atoms with van der Waals surface area (Å²) in [5.41, 5.74) is 6.57. The number of carbonyl (C=O) groups is 1. The fourth-order valence-electron chi connectivity index (χ4n) is 1.41. The van der Waals surface area contributed by atoms with Gasteiger partial charge < -0.3 is 21.1 Å². The van der Waals surface area contributed by atoms with Gasteiger partial charge in [0.25, 0.3) is 0 Å². The van der Waals surface area contributed by atoms with Crippen LogP contribution in [0.2, 0.25) is 0 Å². The molecule has 0 radical (unpaired) electrons. The van der Waals surface area contributed by atoms with Crippen molar-refractivity contribution in [3.63, 3.8) is 0 Å². The first-order valence-electron chi connectivity index (χ1n) is 5.89. The Hall–Kier alpha value is -1.82. The molecule has 0 aliphatic heterocycles. The molecular formula is C13H19N3O2S. The number of hydrogen-bond acceptors (Lipinski definition) is 3. The molecule has 1 aromatic rings. The van der Waals surface area contributed by atoms with Gasteiger partial charge in [0.15, 0.2) is 5.11 Å². The van der Waals surface area contributed by atoms with Crippen molar-refractivity contribution in [2.75, 3.05) is 5.32 Å². The molecule has 0 aliphatic rings. The second-order valence-electron chi connectivity index (χ2n) is 5.00. The van der Waals surface area contributed by atoms with E-state index < -0.39 is 11.7 Å². The zero-order valence-corrected chi connectivity index (χ0v) is 12.1. The molecule has 0 unspecified atom stereocenters. The summed E-state index contributed by atoms with van der Waals surface area (Å²) in [6.07, 6.45) is -0.461. The maximum atomic E-state index is 11.6. The highest BCUT2D eigenvalue weighted by Gasteiger charge is 2.16. The van der Waals surface area contributed by atoms with Crippen LogP contribution in [0.3, 0.4) is 0 Å². The Bertz CT molecular complexity index is 469. The van der Waals surface area contributed by atoms with E-state index >= 15 is 0 Å². The predicted molar refractivity (Wildman–Crippen MR) is 79.9 cm³/mol. The van der Waals surface area contributed by atoms with Crippen LogP contribution in [-0.2, 0) is 11.3 Å². The molecule has 0 aliphatic carbocycles. The van der Waals surface area contributed by atoms with E-state index in [-0.39, 0.29) is 5.11 Å². The van der Waals surface area contributed by atoms with E-state index in [4.69, 9.17) is 22.7 Å². The van der Waals surface area contributed by atoms with E-state index in [1.165, 1.54) is 0 Å². The molecule has 19 heavy (non-hydrogen) atoms. The first-order chi connectivity index (χ1) is 8.78. The van der Waals surface area contributed by atoms with Gasteiger partial charge in [0.1, 0.15) is 5.60 Å². The lowest BCUT2D eigenvalue weighted by Gasteiger charge is -2.20. The molecule has 1 amide bonds. The fourth-order valence-corrected chi connectivity index (χ4v) is 1.52. The van der Waals surface area contributed by atoms with Gasteiger partial charge in [-0.05, 0) is 44.6 Å². The van der Waals surface area contributed by atoms with Crippen molar-refractivity contribution >= 4 is 29.1 Å². The van der Waals surface area contributed by atoms with Crippen molar-refractivity contribution in [3.05, 3.63) is 29.8 Å². The van der Waals surface area contributed by atoms with Gasteiger partial charge >= 0.3 is 6.09 Å². The van der Waals surface area contributed by atoms with Gasteiger partial charge in [-0.25, -0.2) is 4.79 Å². The third kappa shape index (κ3) is 6.05. The first kappa shape index (κ1) is 15.2. The summed E-state index contributed by atoms with van der Waals surface area (Å²) in [5, 5.41) is 5.73. The normalized spacial score (nSPS) is 10.7. The Labute approximate surface area is 118 Å². The van der Waals surface area contributed by atoms with Gasteiger partial charge in [-0.3, -0.25) is 0 Å². The first-order valence-corrected chi connectivity index (χ1v) is 6.30. The maximum Gasteiger partial charge on any atom is 0.407 e. The summed E-state index contributed by atoms with van der Waals surface area (Å²) in [6.45, 7) is 5.78. The number of nitrogens with one attached hydrogen (secondary N) is 2. The topological polar surface area (TPSA) is 76.4 Å². The standard InChI is InChI=1S/C13H19N3O2S/c1-13(2,3)18-12(17)15-8-9-6-4-5-7-10(9)16-11(14)19/h4-7H,8H2,1-3H3,(H,15,17)(H3,14,16,19). The van der Waals surface area contributed by atoms with Gasteiger partial charge in [0.2, 0.25) is 0 Å². The van der Waals surface area contributed by atoms with Crippen LogP contribution in [0.4, 0.5) is 10.5 Å². The molecule has 1 aromatic carbocycles. The molecule has 0 fully saturated rings. The Morgan fingerprint density at radius 3 is 2.58 bits per heavy atom. The molecule has 0 atom stereocenters. The number of nitrogens with two attached hydrogens (primary N) is 1. The Kier molecular flexibility index (Phi) is 5.11. The maximum absolute atomic E-state index is 11.6. The number of thiocarbonyl (C=S) groups is 1. The minimum absolute atomic E-state index is 0.185. The van der Waals surface area contributed by atoms with Crippen molar-refractivity contribution in [1.29, 1.82) is 0 Å². The molecule has 0 saturated heterocycles. The van der Waals surface area contributed by atoms with Gasteiger partial charge in [-0.1, -0.05) is 18.2 Å². The summed E-state index contributed by atoms with van der Waals surface area (Å²) in [5.74, 6) is 0. The van der Waals surface area contributed by atoms with E-state index in [2.05, 4.69) is 10.6 Å². The molecular weight excluding hydrogens is 262 g/mol. The van der Waals surface area contributed by atoms with Crippen LogP contribution in [-0.4, -0.2) is 16.8 Å². The second kappa shape index (κ2) is 6.38. The third-order valence-electron chi connectivity index (χ3n) is 2.10. The average Bonchev–Trinajstić information content (AvgIpc) is 2.24. The van der Waals surface area contributed by atoms with Crippen molar-refractivity contribution in [1.82, 2.24) is 5.32 Å². The van der Waals surface area contributed by atoms with Crippen LogP contribution in [0, 0.1) is 0 Å². The van der Waals surface area contributed by atoms with Gasteiger partial charge in [-0.15, -0.1) is 0 Å². The summed E-state index contributed by atoms with van der Waals surface area (Å²) in [4.78, 5) is 11.6. The number of anilines is 1. The predicted octanol–water partition coefficient (Wildman–Crippen LogP) is 2.37. The highest BCUT2D eigenvalue weighted by molar-refractivity contribution is 7.80. The van der Waals surface area contributed by atoms with E-state index in [0.29, 0.717) is 6.54 Å². The van der Waals surface area contributed by atoms with Gasteiger partial charge in [-0.2, -0.15) is 0 Å². The third-order valence-corrected chi connectivity index (χ3v) is 2.20. The van der Waals surface area contributed by atoms with E-state index in [1.54, 1.807) is 0 Å². The number of benzene rings is 1. The van der Waals surface area contributed by atoms with E-state index in [0.717, 1.165) is 11.3 Å². The van der Waals surface area contributed by atoms with Crippen molar-refractivity contribution in [2.45, 2.75) is 32.9 Å². The van der Waals surface area contributed by atoms with Crippen LogP contribution in [0.5, 0.6) is 0 Å². The minimum Gasteiger partial charge on any atom is -0.444 e. The number of para-hydroxylation sites is 1. The Morgan fingerprint density at radius 2 is 2.00 bits per heavy atom. The molecule has 6 heteroatoms. The quantitative estimate of drug-likeness (QED) is 0.742. The number of hydrogen-bond donors (Lipinski definition) is 3. The number of ether oxygens (including phenoxy) is 1. The van der Waals surface area contributed by atoms with Crippen LogP contribution >= 0.6 is 12.2 Å². The molecule has 104 valence electrons. The molecule has 0 saturated carbocycles. The number of rotatable bonds is 3. The second-order valence-corrected chi connectivity index (χ2v) is 5.44. The lowest BCUT2D eigenvalue weighted by molar-refractivity contribution is 0.0523. The van der Waals surface area contributed by atoms with Crippen LogP contribution in [0.1, 0.15) is 26.3 Å². The summed E-state index contributed by atoms with van der Waals surface area (Å²) in [7, 11) is 0. The molecule has 0 spiro atoms. The Morgan fingerprint density at radius 1 is 1.37 bits per heavy atom. The summed E-state index contributed by atoms with van der Waals surface area (Å²) in [6, 6.07) is 7.44. The molecule has 5 nitrogen and oxygen atoms in total. The lowest BCUT2D eigenvalue weighted by Crippen LogP contribution is -2.32. The van der Waals surface area contributed by atoms with E-state index in [9.17, 15) is 4.79 Å². The molecule has 0 bridgehead atoms. The molecule has 0 heterocycles. The molecule has 0 aromatic heterocycles. The molecule has 1 rings (SSSR count). The largest absolute Gasteiger partial charge is 0.444 e. The van der Waals surface area contributed by atoms with Gasteiger partial charge in [0.05, 0.1) is 0 Å². The highest BCUT2D eigenvalue weighted by atomic mass is 32.1. The lowest BCUT2D eigenvalue weighted by atomic mass is 10.2. The van der Waals surface area contributed by atoms with Crippen LogP contribution < -0.4 is 16.4 Å². The minimum atomic E-state index is -0.513. The van der Waals surface area contributed by atoms with Gasteiger partial charge in [0, 0.05) is 12.2 Å². The van der Waals surface area contributed by atoms with E-state index in [1.807, 2.05) is 45.0 Å². The van der Waals surface area contributed by atoms with Crippen molar-refractivity contribution < 1.29 is 9.53 Å². The van der Waals surface area contributed by atoms with Crippen molar-refractivity contribution in [3.8, 4) is 0 Å². The number of amides is 1. The molecule has 4 N–H and O–H groups in total. The summed E-state index contributed by atoms with van der Waals surface area (Å²) >= 11 is 4.80. The fraction of sp³-hybridized carbons (Fsp3) is 0.385. The zero-order chi connectivity index (χ0) is 14.5. The van der Waals surface area contributed by atoms with Crippen LogP contribution in [0.25, 0.3) is 0 Å².